The van der Waals surface area contributed by atoms with Crippen LogP contribution in [0.15, 0.2) is 0 Å². The van der Waals surface area contributed by atoms with Crippen molar-refractivity contribution in [1.82, 2.24) is 0 Å². The molecule has 0 bridgehead atoms. The summed E-state index contributed by atoms with van der Waals surface area (Å²) in [7, 11) is 0. The predicted octanol–water partition coefficient (Wildman–Crippen LogP) is 1.73. The number of hydrogen-bond acceptors (Lipinski definition) is 3. The zero-order valence-electron chi connectivity index (χ0n) is 9.41. The zero-order valence-corrected chi connectivity index (χ0v) is 9.41. The lowest BCUT2D eigenvalue weighted by Gasteiger charge is -2.43. The Labute approximate surface area is 91.8 Å². The Morgan fingerprint density at radius 2 is 2.00 bits per heavy atom. The maximum absolute atomic E-state index is 8.85. The lowest BCUT2D eigenvalue weighted by Crippen LogP contribution is -2.44. The average molecular weight is 214 g/mol. The van der Waals surface area contributed by atoms with Gasteiger partial charge in [-0.15, -0.1) is 0 Å². The number of aliphatic hydroxyl groups is 1. The normalized spacial score (nSPS) is 30.6. The highest BCUT2D eigenvalue weighted by molar-refractivity contribution is 4.88. The largest absolute Gasteiger partial charge is 0.396 e. The Balaban J connectivity index is 1.85. The van der Waals surface area contributed by atoms with Crippen molar-refractivity contribution in [3.8, 4) is 0 Å². The second-order valence-electron chi connectivity index (χ2n) is 4.87. The molecule has 1 unspecified atom stereocenters. The van der Waals surface area contributed by atoms with Gasteiger partial charge in [0.1, 0.15) is 0 Å². The van der Waals surface area contributed by atoms with Crippen LogP contribution in [0.2, 0.25) is 0 Å². The van der Waals surface area contributed by atoms with Crippen LogP contribution in [0, 0.1) is 5.92 Å². The molecule has 0 amide bonds. The first kappa shape index (κ1) is 11.4. The molecule has 15 heavy (non-hydrogen) atoms. The third kappa shape index (κ3) is 2.92. The summed E-state index contributed by atoms with van der Waals surface area (Å²) >= 11 is 0. The molecule has 0 aromatic heterocycles. The highest BCUT2D eigenvalue weighted by Crippen LogP contribution is 2.38. The average Bonchev–Trinajstić information content (AvgIpc) is 2.28. The van der Waals surface area contributed by atoms with Gasteiger partial charge < -0.3 is 14.6 Å². The number of rotatable bonds is 3. The maximum atomic E-state index is 8.85. The number of aliphatic hydroxyl groups excluding tert-OH is 1. The highest BCUT2D eigenvalue weighted by atomic mass is 16.5. The van der Waals surface area contributed by atoms with Crippen molar-refractivity contribution < 1.29 is 14.6 Å². The molecule has 2 saturated heterocycles. The first-order chi connectivity index (χ1) is 7.35. The molecule has 3 heteroatoms. The molecule has 0 saturated carbocycles. The van der Waals surface area contributed by atoms with Crippen molar-refractivity contribution in [3.63, 3.8) is 0 Å². The molecule has 1 N–H and O–H groups in total. The van der Waals surface area contributed by atoms with Crippen LogP contribution in [0.5, 0.6) is 0 Å². The minimum absolute atomic E-state index is 0.122. The summed E-state index contributed by atoms with van der Waals surface area (Å²) < 4.78 is 11.4. The van der Waals surface area contributed by atoms with E-state index < -0.39 is 0 Å². The Bertz CT molecular complexity index is 182. The minimum Gasteiger partial charge on any atom is -0.396 e. The molecule has 0 radical (unpaired) electrons. The Morgan fingerprint density at radius 3 is 2.73 bits per heavy atom. The van der Waals surface area contributed by atoms with Gasteiger partial charge in [-0.25, -0.2) is 0 Å². The fourth-order valence-electron chi connectivity index (χ4n) is 2.85. The van der Waals surface area contributed by atoms with E-state index in [9.17, 15) is 0 Å². The van der Waals surface area contributed by atoms with Crippen molar-refractivity contribution in [2.75, 3.05) is 26.4 Å². The first-order valence-corrected chi connectivity index (χ1v) is 6.17. The SMILES string of the molecule is OCCCC1CCOC2(CCOCC2)C1. The lowest BCUT2D eigenvalue weighted by molar-refractivity contribution is -0.147. The predicted molar refractivity (Wildman–Crippen MR) is 57.8 cm³/mol. The molecule has 0 aromatic carbocycles. The van der Waals surface area contributed by atoms with E-state index in [0.29, 0.717) is 6.61 Å². The Hall–Kier alpha value is -0.120. The van der Waals surface area contributed by atoms with Crippen molar-refractivity contribution >= 4 is 0 Å². The summed E-state index contributed by atoms with van der Waals surface area (Å²) in [5.41, 5.74) is 0.122. The maximum Gasteiger partial charge on any atom is 0.0729 e. The van der Waals surface area contributed by atoms with E-state index >= 15 is 0 Å². The van der Waals surface area contributed by atoms with E-state index in [-0.39, 0.29) is 5.60 Å². The molecular weight excluding hydrogens is 192 g/mol. The molecule has 3 nitrogen and oxygen atoms in total. The van der Waals surface area contributed by atoms with Gasteiger partial charge in [0.15, 0.2) is 0 Å². The van der Waals surface area contributed by atoms with Gasteiger partial charge in [-0.1, -0.05) is 0 Å². The van der Waals surface area contributed by atoms with Crippen molar-refractivity contribution in [2.45, 2.75) is 44.1 Å². The van der Waals surface area contributed by atoms with Crippen LogP contribution in [-0.2, 0) is 9.47 Å². The first-order valence-electron chi connectivity index (χ1n) is 6.17. The van der Waals surface area contributed by atoms with Crippen LogP contribution in [0.4, 0.5) is 0 Å². The second-order valence-corrected chi connectivity index (χ2v) is 4.87. The molecule has 88 valence electrons. The third-order valence-corrected chi connectivity index (χ3v) is 3.77. The second kappa shape index (κ2) is 5.28. The van der Waals surface area contributed by atoms with Crippen LogP contribution in [0.3, 0.4) is 0 Å². The molecule has 2 rings (SSSR count). The Kier molecular flexibility index (Phi) is 4.00. The van der Waals surface area contributed by atoms with Gasteiger partial charge in [-0.3, -0.25) is 0 Å². The number of ether oxygens (including phenoxy) is 2. The van der Waals surface area contributed by atoms with Gasteiger partial charge in [-0.05, 0) is 44.4 Å². The summed E-state index contributed by atoms with van der Waals surface area (Å²) in [6.45, 7) is 2.93. The minimum atomic E-state index is 0.122. The van der Waals surface area contributed by atoms with Crippen molar-refractivity contribution in [1.29, 1.82) is 0 Å². The monoisotopic (exact) mass is 214 g/mol. The fraction of sp³-hybridized carbons (Fsp3) is 1.00. The smallest absolute Gasteiger partial charge is 0.0729 e. The van der Waals surface area contributed by atoms with Crippen molar-refractivity contribution in [3.05, 3.63) is 0 Å². The van der Waals surface area contributed by atoms with E-state index in [4.69, 9.17) is 14.6 Å². The summed E-state index contributed by atoms with van der Waals surface area (Å²) in [6.07, 6.45) is 6.56. The summed E-state index contributed by atoms with van der Waals surface area (Å²) in [4.78, 5) is 0. The quantitative estimate of drug-likeness (QED) is 0.777. The van der Waals surface area contributed by atoms with E-state index in [1.807, 2.05) is 0 Å². The van der Waals surface area contributed by atoms with Gasteiger partial charge in [0.25, 0.3) is 0 Å². The van der Waals surface area contributed by atoms with Crippen LogP contribution in [-0.4, -0.2) is 37.1 Å². The van der Waals surface area contributed by atoms with Gasteiger partial charge >= 0.3 is 0 Å². The molecule has 2 heterocycles. The van der Waals surface area contributed by atoms with E-state index in [1.165, 1.54) is 12.8 Å². The topological polar surface area (TPSA) is 38.7 Å². The van der Waals surface area contributed by atoms with Gasteiger partial charge in [0.2, 0.25) is 0 Å². The fourth-order valence-corrected chi connectivity index (χ4v) is 2.85. The molecule has 0 aliphatic carbocycles. The van der Waals surface area contributed by atoms with Gasteiger partial charge in [0, 0.05) is 26.4 Å². The van der Waals surface area contributed by atoms with Crippen LogP contribution >= 0.6 is 0 Å². The summed E-state index contributed by atoms with van der Waals surface area (Å²) in [5, 5.41) is 8.85. The molecule has 2 aliphatic rings. The van der Waals surface area contributed by atoms with Crippen LogP contribution in [0.25, 0.3) is 0 Å². The highest BCUT2D eigenvalue weighted by Gasteiger charge is 2.38. The molecule has 1 spiro atoms. The molecule has 0 aromatic rings. The summed E-state index contributed by atoms with van der Waals surface area (Å²) in [5.74, 6) is 0.754. The van der Waals surface area contributed by atoms with Gasteiger partial charge in [-0.2, -0.15) is 0 Å². The molecule has 2 aliphatic heterocycles. The molecule has 1 atom stereocenters. The summed E-state index contributed by atoms with van der Waals surface area (Å²) in [6, 6.07) is 0. The van der Waals surface area contributed by atoms with Crippen LogP contribution < -0.4 is 0 Å². The Morgan fingerprint density at radius 1 is 1.20 bits per heavy atom. The van der Waals surface area contributed by atoms with Crippen molar-refractivity contribution in [2.24, 2.45) is 5.92 Å². The molecule has 2 fully saturated rings. The van der Waals surface area contributed by atoms with E-state index in [1.54, 1.807) is 0 Å². The zero-order chi connectivity index (χ0) is 10.6. The van der Waals surface area contributed by atoms with E-state index in [0.717, 1.165) is 51.4 Å². The third-order valence-electron chi connectivity index (χ3n) is 3.77. The number of hydrogen-bond donors (Lipinski definition) is 1. The van der Waals surface area contributed by atoms with Crippen LogP contribution in [0.1, 0.15) is 38.5 Å². The van der Waals surface area contributed by atoms with E-state index in [2.05, 4.69) is 0 Å². The molecular formula is C12H22O3. The standard InChI is InChI=1S/C12H22O3/c13-6-1-2-11-3-7-15-12(10-11)4-8-14-9-5-12/h11,13H,1-10H2. The van der Waals surface area contributed by atoms with Gasteiger partial charge in [0.05, 0.1) is 5.60 Å². The lowest BCUT2D eigenvalue weighted by atomic mass is 9.79.